The zero-order valence-electron chi connectivity index (χ0n) is 13.8. The number of carboxylic acid groups (broad SMARTS) is 1. The van der Waals surface area contributed by atoms with Crippen LogP contribution in [0.25, 0.3) is 0 Å². The minimum absolute atomic E-state index is 0.0502. The molecule has 1 atom stereocenters. The molecule has 0 radical (unpaired) electrons. The number of rotatable bonds is 9. The van der Waals surface area contributed by atoms with Crippen molar-refractivity contribution in [3.05, 3.63) is 29.8 Å². The van der Waals surface area contributed by atoms with E-state index in [4.69, 9.17) is 5.73 Å². The van der Waals surface area contributed by atoms with Crippen LogP contribution in [0.1, 0.15) is 37.7 Å². The van der Waals surface area contributed by atoms with E-state index in [-0.39, 0.29) is 11.7 Å². The molecule has 1 aliphatic carbocycles. The van der Waals surface area contributed by atoms with Crippen LogP contribution >= 0.6 is 0 Å². The number of unbranched alkanes of at least 4 members (excludes halogenated alkanes) is 1. The molecule has 1 aliphatic rings. The smallest absolute Gasteiger partial charge is 0.323 e. The topological polar surface area (TPSA) is 95.6 Å². The number of phenols is 1. The maximum Gasteiger partial charge on any atom is 0.323 e. The summed E-state index contributed by atoms with van der Waals surface area (Å²) in [5.74, 6) is -0.552. The summed E-state index contributed by atoms with van der Waals surface area (Å²) in [7, 11) is 2.10. The van der Waals surface area contributed by atoms with Crippen molar-refractivity contribution in [3.8, 4) is 5.75 Å². The first kappa shape index (κ1) is 17.8. The number of nitrogens with two attached hydrogens (primary N) is 1. The van der Waals surface area contributed by atoms with Crippen molar-refractivity contribution >= 4 is 13.8 Å². The van der Waals surface area contributed by atoms with Crippen LogP contribution in [-0.2, 0) is 11.3 Å². The Bertz CT molecular complexity index is 517. The van der Waals surface area contributed by atoms with Gasteiger partial charge in [0.15, 0.2) is 0 Å². The SMILES string of the molecule is BCCCCC(N)(C(=O)O)[C@H]1C[C@@H](NCc2ccc(O)cc2)C1. The molecule has 5 N–H and O–H groups in total. The number of phenolic OH excluding ortho intramolecular Hbond substituents is 1. The second kappa shape index (κ2) is 7.84. The number of benzene rings is 1. The Morgan fingerprint density at radius 3 is 2.52 bits per heavy atom. The summed E-state index contributed by atoms with van der Waals surface area (Å²) in [6.45, 7) is 0.720. The lowest BCUT2D eigenvalue weighted by Crippen LogP contribution is -2.60. The van der Waals surface area contributed by atoms with Crippen molar-refractivity contribution in [2.75, 3.05) is 0 Å². The molecule has 1 unspecified atom stereocenters. The van der Waals surface area contributed by atoms with Gasteiger partial charge in [-0.05, 0) is 42.9 Å². The van der Waals surface area contributed by atoms with Gasteiger partial charge < -0.3 is 21.3 Å². The molecule has 0 aliphatic heterocycles. The molecule has 23 heavy (non-hydrogen) atoms. The van der Waals surface area contributed by atoms with E-state index < -0.39 is 11.5 Å². The highest BCUT2D eigenvalue weighted by Gasteiger charge is 2.47. The van der Waals surface area contributed by atoms with Gasteiger partial charge in [-0.15, -0.1) is 0 Å². The fourth-order valence-corrected chi connectivity index (χ4v) is 3.23. The molecule has 0 amide bonds. The van der Waals surface area contributed by atoms with E-state index >= 15 is 0 Å². The zero-order valence-corrected chi connectivity index (χ0v) is 13.8. The van der Waals surface area contributed by atoms with Crippen molar-refractivity contribution in [3.63, 3.8) is 0 Å². The van der Waals surface area contributed by atoms with Crippen LogP contribution < -0.4 is 11.1 Å². The van der Waals surface area contributed by atoms with Crippen molar-refractivity contribution in [2.45, 2.75) is 56.5 Å². The molecule has 5 nitrogen and oxygen atoms in total. The number of aliphatic carboxylic acids is 1. The first-order valence-corrected chi connectivity index (χ1v) is 8.49. The Hall–Kier alpha value is -1.53. The molecule has 0 aromatic heterocycles. The van der Waals surface area contributed by atoms with Crippen molar-refractivity contribution < 1.29 is 15.0 Å². The van der Waals surface area contributed by atoms with E-state index in [0.717, 1.165) is 44.1 Å². The molecule has 6 heteroatoms. The maximum atomic E-state index is 11.6. The Labute approximate surface area is 138 Å². The molecular weight excluding hydrogens is 291 g/mol. The summed E-state index contributed by atoms with van der Waals surface area (Å²) in [5, 5.41) is 22.2. The molecule has 1 saturated carbocycles. The summed E-state index contributed by atoms with van der Waals surface area (Å²) >= 11 is 0. The highest BCUT2D eigenvalue weighted by molar-refractivity contribution is 6.08. The Morgan fingerprint density at radius 1 is 1.30 bits per heavy atom. The third-order valence-electron chi connectivity index (χ3n) is 4.99. The highest BCUT2D eigenvalue weighted by Crippen LogP contribution is 2.38. The van der Waals surface area contributed by atoms with E-state index in [1.54, 1.807) is 12.1 Å². The van der Waals surface area contributed by atoms with Gasteiger partial charge in [-0.25, -0.2) is 0 Å². The number of aromatic hydroxyl groups is 1. The number of carboxylic acids is 1. The van der Waals surface area contributed by atoms with Gasteiger partial charge in [0, 0.05) is 12.6 Å². The molecule has 0 spiro atoms. The third kappa shape index (κ3) is 4.48. The molecule has 1 aromatic rings. The van der Waals surface area contributed by atoms with Gasteiger partial charge in [0.05, 0.1) is 0 Å². The van der Waals surface area contributed by atoms with Crippen LogP contribution in [0.15, 0.2) is 24.3 Å². The number of nitrogens with one attached hydrogen (secondary N) is 1. The minimum atomic E-state index is -1.08. The standard InChI is InChI=1S/C17H27BN2O3/c18-8-2-1-7-17(19,16(22)23)13-9-14(10-13)20-11-12-3-5-15(21)6-4-12/h3-6,13-14,20-21H,1-2,7-11,18-19H2,(H,22,23)/t13-,14+,17?. The van der Waals surface area contributed by atoms with Crippen LogP contribution in [0.3, 0.4) is 0 Å². The normalized spacial score (nSPS) is 23.0. The third-order valence-corrected chi connectivity index (χ3v) is 4.99. The number of hydrogen-bond acceptors (Lipinski definition) is 4. The fraction of sp³-hybridized carbons (Fsp3) is 0.588. The molecule has 2 rings (SSSR count). The molecule has 126 valence electrons. The van der Waals surface area contributed by atoms with Crippen molar-refractivity contribution in [1.82, 2.24) is 5.32 Å². The van der Waals surface area contributed by atoms with Gasteiger partial charge in [-0.1, -0.05) is 31.3 Å². The lowest BCUT2D eigenvalue weighted by Gasteiger charge is -2.45. The maximum absolute atomic E-state index is 11.6. The summed E-state index contributed by atoms with van der Waals surface area (Å²) < 4.78 is 0. The summed E-state index contributed by atoms with van der Waals surface area (Å²) in [6.07, 6.45) is 5.16. The summed E-state index contributed by atoms with van der Waals surface area (Å²) in [6, 6.07) is 7.43. The average molecular weight is 318 g/mol. The van der Waals surface area contributed by atoms with Gasteiger partial charge in [-0.2, -0.15) is 0 Å². The van der Waals surface area contributed by atoms with Crippen LogP contribution in [0, 0.1) is 5.92 Å². The monoisotopic (exact) mass is 318 g/mol. The first-order chi connectivity index (χ1) is 11.0. The minimum Gasteiger partial charge on any atom is -0.508 e. The highest BCUT2D eigenvalue weighted by atomic mass is 16.4. The van der Waals surface area contributed by atoms with Gasteiger partial charge in [0.2, 0.25) is 0 Å². The van der Waals surface area contributed by atoms with Crippen molar-refractivity contribution in [2.24, 2.45) is 11.7 Å². The predicted octanol–water partition coefficient (Wildman–Crippen LogP) is 1.26. The second-order valence-corrected chi connectivity index (χ2v) is 6.72. The first-order valence-electron chi connectivity index (χ1n) is 8.49. The van der Waals surface area contributed by atoms with Crippen LogP contribution in [0.4, 0.5) is 0 Å². The average Bonchev–Trinajstić information content (AvgIpc) is 2.47. The summed E-state index contributed by atoms with van der Waals surface area (Å²) in [4.78, 5) is 11.6. The molecular formula is C17H27BN2O3. The van der Waals surface area contributed by atoms with E-state index in [0.29, 0.717) is 12.5 Å². The molecule has 0 bridgehead atoms. The lowest BCUT2D eigenvalue weighted by molar-refractivity contribution is -0.148. The largest absolute Gasteiger partial charge is 0.508 e. The predicted molar refractivity (Wildman–Crippen MR) is 93.2 cm³/mol. The molecule has 1 fully saturated rings. The molecule has 0 saturated heterocycles. The van der Waals surface area contributed by atoms with E-state index in [1.165, 1.54) is 0 Å². The van der Waals surface area contributed by atoms with E-state index in [9.17, 15) is 15.0 Å². The van der Waals surface area contributed by atoms with Gasteiger partial charge >= 0.3 is 5.97 Å². The molecule has 1 aromatic carbocycles. The fourth-order valence-electron chi connectivity index (χ4n) is 3.23. The lowest BCUT2D eigenvalue weighted by atomic mass is 9.66. The number of hydrogen-bond donors (Lipinski definition) is 4. The van der Waals surface area contributed by atoms with Crippen LogP contribution in [-0.4, -0.2) is 35.6 Å². The Balaban J connectivity index is 1.79. The quantitative estimate of drug-likeness (QED) is 0.406. The van der Waals surface area contributed by atoms with Crippen LogP contribution in [0.5, 0.6) is 5.75 Å². The second-order valence-electron chi connectivity index (χ2n) is 6.72. The van der Waals surface area contributed by atoms with Gasteiger partial charge in [0.25, 0.3) is 0 Å². The number of carbonyl (C=O) groups is 1. The van der Waals surface area contributed by atoms with E-state index in [2.05, 4.69) is 13.2 Å². The van der Waals surface area contributed by atoms with Gasteiger partial charge in [0.1, 0.15) is 19.1 Å². The van der Waals surface area contributed by atoms with E-state index in [1.807, 2.05) is 12.1 Å². The molecule has 0 heterocycles. The Kier molecular flexibility index (Phi) is 6.07. The van der Waals surface area contributed by atoms with Crippen molar-refractivity contribution in [1.29, 1.82) is 0 Å². The Morgan fingerprint density at radius 2 is 1.96 bits per heavy atom. The van der Waals surface area contributed by atoms with Gasteiger partial charge in [-0.3, -0.25) is 4.79 Å². The van der Waals surface area contributed by atoms with Crippen LogP contribution in [0.2, 0.25) is 6.32 Å². The summed E-state index contributed by atoms with van der Waals surface area (Å²) in [5.41, 5.74) is 6.24. The zero-order chi connectivity index (χ0) is 16.9.